The molecule has 0 unspecified atom stereocenters. The van der Waals surface area contributed by atoms with Crippen LogP contribution in [0, 0.1) is 5.92 Å². The second kappa shape index (κ2) is 4.70. The summed E-state index contributed by atoms with van der Waals surface area (Å²) in [4.78, 5) is 15.1. The molecule has 1 aliphatic heterocycles. The van der Waals surface area contributed by atoms with Gasteiger partial charge in [-0.3, -0.25) is 9.89 Å². The maximum Gasteiger partial charge on any atom is 0.226 e. The minimum Gasteiger partial charge on any atom is -0.338 e. The van der Waals surface area contributed by atoms with Gasteiger partial charge in [0.05, 0.1) is 6.20 Å². The number of aryl methyl sites for hydroxylation is 1. The minimum atomic E-state index is 0.141. The van der Waals surface area contributed by atoms with Crippen molar-refractivity contribution in [2.24, 2.45) is 5.92 Å². The molecule has 2 heterocycles. The zero-order valence-corrected chi connectivity index (χ0v) is 13.2. The van der Waals surface area contributed by atoms with Crippen LogP contribution in [0.25, 0.3) is 0 Å². The van der Waals surface area contributed by atoms with Crippen LogP contribution in [0.4, 0.5) is 0 Å². The number of carbonyl (C=O) groups is 1. The predicted octanol–water partition coefficient (Wildman–Crippen LogP) is 2.59. The highest BCUT2D eigenvalue weighted by atomic mass is 16.2. The lowest BCUT2D eigenvalue weighted by atomic mass is 9.78. The molecule has 4 nitrogen and oxygen atoms in total. The van der Waals surface area contributed by atoms with E-state index >= 15 is 0 Å². The summed E-state index contributed by atoms with van der Waals surface area (Å²) in [7, 11) is 0. The molecule has 1 saturated carbocycles. The maximum atomic E-state index is 13.1. The lowest BCUT2D eigenvalue weighted by molar-refractivity contribution is -0.134. The Balaban J connectivity index is 1.40. The Morgan fingerprint density at radius 1 is 1.26 bits per heavy atom. The monoisotopic (exact) mass is 307 g/mol. The van der Waals surface area contributed by atoms with Crippen LogP contribution in [0.1, 0.15) is 41.6 Å². The summed E-state index contributed by atoms with van der Waals surface area (Å²) in [5.74, 6) is 0.547. The van der Waals surface area contributed by atoms with Crippen LogP contribution in [0.5, 0.6) is 0 Å². The fourth-order valence-electron chi connectivity index (χ4n) is 4.79. The van der Waals surface area contributed by atoms with Crippen molar-refractivity contribution in [2.45, 2.75) is 44.1 Å². The SMILES string of the molecule is O=C([C@H]1C[C@]12CCCc1ccccc12)N1CCc2[nH]ncc2C1. The second-order valence-electron chi connectivity index (χ2n) is 7.31. The van der Waals surface area contributed by atoms with E-state index in [9.17, 15) is 4.79 Å². The molecule has 1 spiro atoms. The Morgan fingerprint density at radius 3 is 3.13 bits per heavy atom. The van der Waals surface area contributed by atoms with Crippen molar-refractivity contribution in [1.82, 2.24) is 15.1 Å². The first-order valence-electron chi connectivity index (χ1n) is 8.66. The van der Waals surface area contributed by atoms with Gasteiger partial charge in [0, 0.05) is 42.1 Å². The van der Waals surface area contributed by atoms with Crippen LogP contribution in [0.3, 0.4) is 0 Å². The number of hydrogen-bond donors (Lipinski definition) is 1. The number of nitrogens with one attached hydrogen (secondary N) is 1. The van der Waals surface area contributed by atoms with Gasteiger partial charge in [0.2, 0.25) is 5.91 Å². The summed E-state index contributed by atoms with van der Waals surface area (Å²) in [5.41, 5.74) is 5.43. The predicted molar refractivity (Wildman–Crippen MR) is 86.9 cm³/mol. The van der Waals surface area contributed by atoms with Gasteiger partial charge < -0.3 is 4.90 Å². The molecule has 5 rings (SSSR count). The Kier molecular flexibility index (Phi) is 2.73. The van der Waals surface area contributed by atoms with Crippen LogP contribution in [0.2, 0.25) is 0 Å². The zero-order valence-electron chi connectivity index (χ0n) is 13.2. The lowest BCUT2D eigenvalue weighted by Crippen LogP contribution is -2.38. The van der Waals surface area contributed by atoms with E-state index in [0.29, 0.717) is 5.91 Å². The van der Waals surface area contributed by atoms with Crippen LogP contribution in [-0.2, 0) is 29.6 Å². The normalized spacial score (nSPS) is 28.3. The van der Waals surface area contributed by atoms with E-state index in [0.717, 1.165) is 25.9 Å². The molecule has 3 aliphatic rings. The first-order chi connectivity index (χ1) is 11.3. The highest BCUT2D eigenvalue weighted by Crippen LogP contribution is 2.60. The van der Waals surface area contributed by atoms with Gasteiger partial charge in [0.25, 0.3) is 0 Å². The summed E-state index contributed by atoms with van der Waals surface area (Å²) in [6, 6.07) is 8.76. The Hall–Kier alpha value is -2.10. The van der Waals surface area contributed by atoms with Gasteiger partial charge in [-0.1, -0.05) is 24.3 Å². The Bertz CT molecular complexity index is 780. The molecule has 2 aromatic rings. The fourth-order valence-corrected chi connectivity index (χ4v) is 4.79. The van der Waals surface area contributed by atoms with Gasteiger partial charge in [0.1, 0.15) is 0 Å². The minimum absolute atomic E-state index is 0.141. The van der Waals surface area contributed by atoms with Crippen molar-refractivity contribution in [3.63, 3.8) is 0 Å². The molecule has 118 valence electrons. The Morgan fingerprint density at radius 2 is 2.17 bits per heavy atom. The van der Waals surface area contributed by atoms with Crippen molar-refractivity contribution in [2.75, 3.05) is 6.54 Å². The van der Waals surface area contributed by atoms with Gasteiger partial charge in [-0.05, 0) is 36.8 Å². The first kappa shape index (κ1) is 13.3. The molecule has 2 aliphatic carbocycles. The van der Waals surface area contributed by atoms with E-state index in [1.54, 1.807) is 0 Å². The van der Waals surface area contributed by atoms with Gasteiger partial charge in [0.15, 0.2) is 0 Å². The number of rotatable bonds is 1. The molecule has 1 fully saturated rings. The lowest BCUT2D eigenvalue weighted by Gasteiger charge is -2.30. The van der Waals surface area contributed by atoms with Crippen LogP contribution < -0.4 is 0 Å². The number of amides is 1. The van der Waals surface area contributed by atoms with Crippen LogP contribution in [-0.4, -0.2) is 27.5 Å². The average molecular weight is 307 g/mol. The van der Waals surface area contributed by atoms with E-state index < -0.39 is 0 Å². The van der Waals surface area contributed by atoms with Crippen LogP contribution >= 0.6 is 0 Å². The van der Waals surface area contributed by atoms with E-state index in [4.69, 9.17) is 0 Å². The molecular weight excluding hydrogens is 286 g/mol. The quantitative estimate of drug-likeness (QED) is 0.880. The summed E-state index contributed by atoms with van der Waals surface area (Å²) < 4.78 is 0. The molecule has 0 bridgehead atoms. The van der Waals surface area contributed by atoms with Gasteiger partial charge in [-0.15, -0.1) is 0 Å². The molecule has 1 amide bonds. The zero-order chi connectivity index (χ0) is 15.4. The molecule has 1 aromatic carbocycles. The maximum absolute atomic E-state index is 13.1. The highest BCUT2D eigenvalue weighted by molar-refractivity contribution is 5.85. The third kappa shape index (κ3) is 1.90. The van der Waals surface area contributed by atoms with Crippen molar-refractivity contribution in [1.29, 1.82) is 0 Å². The van der Waals surface area contributed by atoms with Gasteiger partial charge >= 0.3 is 0 Å². The van der Waals surface area contributed by atoms with E-state index in [1.807, 2.05) is 6.20 Å². The second-order valence-corrected chi connectivity index (χ2v) is 7.31. The molecule has 2 atom stereocenters. The summed E-state index contributed by atoms with van der Waals surface area (Å²) in [5, 5.41) is 7.15. The van der Waals surface area contributed by atoms with E-state index in [-0.39, 0.29) is 11.3 Å². The molecule has 23 heavy (non-hydrogen) atoms. The highest BCUT2D eigenvalue weighted by Gasteiger charge is 2.60. The summed E-state index contributed by atoms with van der Waals surface area (Å²) >= 11 is 0. The molecule has 1 N–H and O–H groups in total. The number of H-pyrrole nitrogens is 1. The smallest absolute Gasteiger partial charge is 0.226 e. The van der Waals surface area contributed by atoms with E-state index in [2.05, 4.69) is 39.4 Å². The van der Waals surface area contributed by atoms with Crippen molar-refractivity contribution >= 4 is 5.91 Å². The first-order valence-corrected chi connectivity index (χ1v) is 8.66. The number of aromatic nitrogens is 2. The topological polar surface area (TPSA) is 49.0 Å². The number of hydrogen-bond acceptors (Lipinski definition) is 2. The van der Waals surface area contributed by atoms with Crippen molar-refractivity contribution < 1.29 is 4.79 Å². The number of aromatic amines is 1. The standard InChI is InChI=1S/C19H21N3O/c23-18(22-9-7-17-14(12-22)11-20-21-17)16-10-19(16)8-3-5-13-4-1-2-6-15(13)19/h1-2,4,6,11,16H,3,5,7-10,12H2,(H,20,21)/t16-,19+/m1/s1. The molecule has 0 radical (unpaired) electrons. The molecule has 0 saturated heterocycles. The van der Waals surface area contributed by atoms with Crippen LogP contribution in [0.15, 0.2) is 30.5 Å². The van der Waals surface area contributed by atoms with E-state index in [1.165, 1.54) is 41.6 Å². The summed E-state index contributed by atoms with van der Waals surface area (Å²) in [6.45, 7) is 1.54. The van der Waals surface area contributed by atoms with Crippen molar-refractivity contribution in [3.05, 3.63) is 52.8 Å². The largest absolute Gasteiger partial charge is 0.338 e. The van der Waals surface area contributed by atoms with Gasteiger partial charge in [-0.2, -0.15) is 5.10 Å². The van der Waals surface area contributed by atoms with Crippen molar-refractivity contribution in [3.8, 4) is 0 Å². The fraction of sp³-hybridized carbons (Fsp3) is 0.474. The third-order valence-corrected chi connectivity index (χ3v) is 6.11. The molecule has 1 aromatic heterocycles. The van der Waals surface area contributed by atoms with Gasteiger partial charge in [-0.25, -0.2) is 0 Å². The molecular formula is C19H21N3O. The third-order valence-electron chi connectivity index (χ3n) is 6.11. The summed E-state index contributed by atoms with van der Waals surface area (Å²) in [6.07, 6.45) is 7.36. The number of carbonyl (C=O) groups excluding carboxylic acids is 1. The number of fused-ring (bicyclic) bond motifs is 3. The molecule has 4 heteroatoms. The Labute approximate surface area is 135 Å². The number of nitrogens with zero attached hydrogens (tertiary/aromatic N) is 2. The average Bonchev–Trinajstić information content (AvgIpc) is 3.10. The number of benzene rings is 1.